The molecule has 0 aliphatic heterocycles. The quantitative estimate of drug-likeness (QED) is 0.196. The third-order valence-corrected chi connectivity index (χ3v) is 7.53. The van der Waals surface area contributed by atoms with Crippen LogP contribution in [0.1, 0.15) is 88.6 Å². The van der Waals surface area contributed by atoms with Crippen LogP contribution in [0.15, 0.2) is 35.9 Å². The summed E-state index contributed by atoms with van der Waals surface area (Å²) in [4.78, 5) is 57.0. The first-order chi connectivity index (χ1) is 19.9. The molecule has 248 valence electrons. The number of nitrogens with zero attached hydrogens (tertiary/aromatic N) is 2. The predicted octanol–water partition coefficient (Wildman–Crippen LogP) is 5.31. The lowest BCUT2D eigenvalue weighted by atomic mass is 9.76. The van der Waals surface area contributed by atoms with Gasteiger partial charge in [-0.05, 0) is 63.6 Å². The molecule has 44 heavy (non-hydrogen) atoms. The van der Waals surface area contributed by atoms with E-state index in [9.17, 15) is 19.2 Å². The molecular formula is C34H56N4O6. The van der Waals surface area contributed by atoms with Gasteiger partial charge in [-0.1, -0.05) is 66.7 Å². The number of rotatable bonds is 11. The predicted molar refractivity (Wildman–Crippen MR) is 175 cm³/mol. The zero-order valence-electron chi connectivity index (χ0n) is 29.3. The van der Waals surface area contributed by atoms with Crippen LogP contribution in [0.2, 0.25) is 0 Å². The van der Waals surface area contributed by atoms with Gasteiger partial charge in [0.15, 0.2) is 0 Å². The monoisotopic (exact) mass is 616 g/mol. The van der Waals surface area contributed by atoms with E-state index in [2.05, 4.69) is 5.32 Å². The van der Waals surface area contributed by atoms with E-state index in [1.165, 1.54) is 11.9 Å². The SMILES string of the molecule is CCOC(=O)/C(C)=C/[C@H](C(C)C)N(C)C(=O)[C@@H](NC(=O)[C@H](N(C)C(=O)OC(C)(C)C)C(C)(C)c1cccc(N)c1)C(C)(C)C. The number of nitrogen functional groups attached to an aromatic ring is 1. The summed E-state index contributed by atoms with van der Waals surface area (Å²) in [6.07, 6.45) is 1.05. The summed E-state index contributed by atoms with van der Waals surface area (Å²) in [5.74, 6) is -1.35. The fourth-order valence-corrected chi connectivity index (χ4v) is 5.07. The zero-order valence-corrected chi connectivity index (χ0v) is 29.3. The molecule has 1 aromatic rings. The standard InChI is InChI=1S/C34H56N4O6/c1-15-43-30(41)22(4)19-25(21(2)3)37(13)29(40)26(32(5,6)7)36-28(39)27(38(14)31(42)44-33(8,9)10)34(11,12)23-17-16-18-24(35)20-23/h16-21,25-27H,15,35H2,1-14H3,(H,36,39)/b22-19+/t25-,26-,27+/m1/s1. The number of amides is 3. The maximum atomic E-state index is 14.4. The fourth-order valence-electron chi connectivity index (χ4n) is 5.07. The van der Waals surface area contributed by atoms with Crippen molar-refractivity contribution in [2.24, 2.45) is 11.3 Å². The normalized spacial score (nSPS) is 14.8. The fraction of sp³-hybridized carbons (Fsp3) is 0.647. The molecule has 0 heterocycles. The zero-order chi connectivity index (χ0) is 34.4. The van der Waals surface area contributed by atoms with Gasteiger partial charge in [0, 0.05) is 30.8 Å². The van der Waals surface area contributed by atoms with Crippen LogP contribution in [0.4, 0.5) is 10.5 Å². The molecule has 3 amide bonds. The Balaban J connectivity index is 3.63. The molecule has 10 heteroatoms. The van der Waals surface area contributed by atoms with Crippen LogP contribution in [-0.2, 0) is 29.3 Å². The molecule has 0 saturated heterocycles. The average Bonchev–Trinajstić information content (AvgIpc) is 2.87. The molecule has 1 aromatic carbocycles. The summed E-state index contributed by atoms with van der Waals surface area (Å²) in [6.45, 7) is 22.1. The lowest BCUT2D eigenvalue weighted by molar-refractivity contribution is -0.142. The molecule has 0 aliphatic rings. The van der Waals surface area contributed by atoms with Crippen molar-refractivity contribution in [2.45, 2.75) is 112 Å². The summed E-state index contributed by atoms with van der Waals surface area (Å²) >= 11 is 0. The molecule has 0 bridgehead atoms. The maximum Gasteiger partial charge on any atom is 0.410 e. The number of nitrogens with one attached hydrogen (secondary N) is 1. The van der Waals surface area contributed by atoms with Crippen LogP contribution in [0.25, 0.3) is 0 Å². The van der Waals surface area contributed by atoms with Crippen molar-refractivity contribution in [1.82, 2.24) is 15.1 Å². The Morgan fingerprint density at radius 2 is 1.55 bits per heavy atom. The second-order valence-corrected chi connectivity index (χ2v) is 14.4. The summed E-state index contributed by atoms with van der Waals surface area (Å²) in [5.41, 5.74) is 5.30. The largest absolute Gasteiger partial charge is 0.463 e. The Labute approximate surface area is 264 Å². The first-order valence-corrected chi connectivity index (χ1v) is 15.2. The summed E-state index contributed by atoms with van der Waals surface area (Å²) in [6, 6.07) is 4.68. The van der Waals surface area contributed by atoms with Crippen LogP contribution in [0.3, 0.4) is 0 Å². The smallest absolute Gasteiger partial charge is 0.410 e. The number of benzene rings is 1. The number of anilines is 1. The number of nitrogens with two attached hydrogens (primary N) is 1. The highest BCUT2D eigenvalue weighted by atomic mass is 16.6. The average molecular weight is 617 g/mol. The highest BCUT2D eigenvalue weighted by Crippen LogP contribution is 2.33. The van der Waals surface area contributed by atoms with Gasteiger partial charge in [0.2, 0.25) is 11.8 Å². The highest BCUT2D eigenvalue weighted by Gasteiger charge is 2.46. The van der Waals surface area contributed by atoms with Crippen molar-refractivity contribution in [3.8, 4) is 0 Å². The molecule has 0 spiro atoms. The maximum absolute atomic E-state index is 14.4. The molecule has 3 atom stereocenters. The van der Waals surface area contributed by atoms with Gasteiger partial charge in [-0.2, -0.15) is 0 Å². The second-order valence-electron chi connectivity index (χ2n) is 14.4. The number of ether oxygens (including phenoxy) is 2. The second kappa shape index (κ2) is 14.9. The van der Waals surface area contributed by atoms with Crippen molar-refractivity contribution in [2.75, 3.05) is 26.4 Å². The topological polar surface area (TPSA) is 131 Å². The number of hydrogen-bond acceptors (Lipinski definition) is 7. The molecule has 1 rings (SSSR count). The number of carbonyl (C=O) groups excluding carboxylic acids is 4. The van der Waals surface area contributed by atoms with E-state index in [4.69, 9.17) is 15.2 Å². The minimum Gasteiger partial charge on any atom is -0.463 e. The molecule has 0 radical (unpaired) electrons. The van der Waals surface area contributed by atoms with Crippen molar-refractivity contribution < 1.29 is 28.7 Å². The van der Waals surface area contributed by atoms with E-state index in [-0.39, 0.29) is 18.4 Å². The van der Waals surface area contributed by atoms with Gasteiger partial charge in [-0.3, -0.25) is 14.5 Å². The van der Waals surface area contributed by atoms with Gasteiger partial charge in [-0.25, -0.2) is 9.59 Å². The third-order valence-electron chi connectivity index (χ3n) is 7.53. The number of carbonyl (C=O) groups is 4. The lowest BCUT2D eigenvalue weighted by Gasteiger charge is -2.42. The molecular weight excluding hydrogens is 560 g/mol. The highest BCUT2D eigenvalue weighted by molar-refractivity contribution is 5.93. The van der Waals surface area contributed by atoms with Gasteiger partial charge in [-0.15, -0.1) is 0 Å². The summed E-state index contributed by atoms with van der Waals surface area (Å²) in [5, 5.41) is 2.99. The molecule has 3 N–H and O–H groups in total. The van der Waals surface area contributed by atoms with Crippen LogP contribution in [-0.4, -0.2) is 78.1 Å². The Morgan fingerprint density at radius 1 is 0.977 bits per heavy atom. The summed E-state index contributed by atoms with van der Waals surface area (Å²) < 4.78 is 10.8. The Kier molecular flexibility index (Phi) is 13.1. The third kappa shape index (κ3) is 10.3. The van der Waals surface area contributed by atoms with E-state index in [1.54, 1.807) is 70.8 Å². The molecule has 0 aliphatic carbocycles. The molecule has 0 unspecified atom stereocenters. The van der Waals surface area contributed by atoms with Crippen molar-refractivity contribution in [3.05, 3.63) is 41.5 Å². The van der Waals surface area contributed by atoms with E-state index >= 15 is 0 Å². The van der Waals surface area contributed by atoms with Crippen molar-refractivity contribution in [3.63, 3.8) is 0 Å². The minimum absolute atomic E-state index is 0.0434. The van der Waals surface area contributed by atoms with Crippen LogP contribution in [0.5, 0.6) is 0 Å². The number of esters is 1. The van der Waals surface area contributed by atoms with Crippen LogP contribution < -0.4 is 11.1 Å². The van der Waals surface area contributed by atoms with Gasteiger partial charge in [0.25, 0.3) is 0 Å². The minimum atomic E-state index is -1.08. The Hall–Kier alpha value is -3.56. The first kappa shape index (κ1) is 38.5. The Bertz CT molecular complexity index is 1210. The summed E-state index contributed by atoms with van der Waals surface area (Å²) in [7, 11) is 3.18. The first-order valence-electron chi connectivity index (χ1n) is 15.2. The van der Waals surface area contributed by atoms with Crippen molar-refractivity contribution in [1.29, 1.82) is 0 Å². The van der Waals surface area contributed by atoms with Crippen LogP contribution in [0, 0.1) is 11.3 Å². The number of likely N-dealkylation sites (N-methyl/N-ethyl adjacent to an activating group) is 2. The van der Waals surface area contributed by atoms with Gasteiger partial charge in [0.1, 0.15) is 17.7 Å². The van der Waals surface area contributed by atoms with E-state index in [1.807, 2.05) is 54.5 Å². The molecule has 0 fully saturated rings. The van der Waals surface area contributed by atoms with Gasteiger partial charge in [0.05, 0.1) is 12.6 Å². The van der Waals surface area contributed by atoms with E-state index in [0.717, 1.165) is 5.56 Å². The van der Waals surface area contributed by atoms with E-state index in [0.29, 0.717) is 11.3 Å². The van der Waals surface area contributed by atoms with Gasteiger partial charge >= 0.3 is 12.1 Å². The van der Waals surface area contributed by atoms with Crippen molar-refractivity contribution >= 4 is 29.6 Å². The van der Waals surface area contributed by atoms with Gasteiger partial charge < -0.3 is 25.4 Å². The molecule has 10 nitrogen and oxygen atoms in total. The number of hydrogen-bond donors (Lipinski definition) is 2. The molecule has 0 saturated carbocycles. The Morgan fingerprint density at radius 3 is 2.00 bits per heavy atom. The van der Waals surface area contributed by atoms with Crippen LogP contribution >= 0.6 is 0 Å². The molecule has 0 aromatic heterocycles. The van der Waals surface area contributed by atoms with E-state index < -0.39 is 52.5 Å². The lowest BCUT2D eigenvalue weighted by Crippen LogP contribution is -2.63.